The van der Waals surface area contributed by atoms with Gasteiger partial charge >= 0.3 is 0 Å². The van der Waals surface area contributed by atoms with Gasteiger partial charge in [-0.1, -0.05) is 86.1 Å². The van der Waals surface area contributed by atoms with Crippen LogP contribution in [0.4, 0.5) is 4.39 Å². The van der Waals surface area contributed by atoms with Crippen LogP contribution < -0.4 is 5.32 Å². The predicted molar refractivity (Wildman–Crippen MR) is 166 cm³/mol. The highest BCUT2D eigenvalue weighted by Gasteiger charge is 2.33. The molecule has 42 heavy (non-hydrogen) atoms. The van der Waals surface area contributed by atoms with E-state index >= 15 is 4.39 Å². The smallest absolute Gasteiger partial charge is 0.252 e. The van der Waals surface area contributed by atoms with E-state index in [0.29, 0.717) is 29.1 Å². The van der Waals surface area contributed by atoms with E-state index in [1.807, 2.05) is 66.7 Å². The van der Waals surface area contributed by atoms with Gasteiger partial charge in [-0.2, -0.15) is 0 Å². The first-order chi connectivity index (χ1) is 20.6. The third-order valence-corrected chi connectivity index (χ3v) is 9.03. The highest BCUT2D eigenvalue weighted by Crippen LogP contribution is 2.36. The van der Waals surface area contributed by atoms with E-state index < -0.39 is 5.82 Å². The van der Waals surface area contributed by atoms with Gasteiger partial charge in [-0.25, -0.2) is 9.37 Å². The summed E-state index contributed by atoms with van der Waals surface area (Å²) in [5.41, 5.74) is 4.34. The van der Waals surface area contributed by atoms with Crippen LogP contribution in [0.3, 0.4) is 0 Å². The highest BCUT2D eigenvalue weighted by molar-refractivity contribution is 6.09. The number of ether oxygens (including phenoxy) is 1. The lowest BCUT2D eigenvalue weighted by molar-refractivity contribution is 0.00486. The normalized spacial score (nSPS) is 19.0. The Morgan fingerprint density at radius 2 is 1.71 bits per heavy atom. The number of hydrogen-bond acceptors (Lipinski definition) is 4. The molecule has 1 amide bonds. The van der Waals surface area contributed by atoms with E-state index in [1.54, 1.807) is 6.07 Å². The molecule has 6 rings (SSSR count). The first-order valence-electron chi connectivity index (χ1n) is 15.5. The fourth-order valence-corrected chi connectivity index (χ4v) is 6.90. The van der Waals surface area contributed by atoms with Gasteiger partial charge in [0.15, 0.2) is 0 Å². The summed E-state index contributed by atoms with van der Waals surface area (Å²) < 4.78 is 21.1. The second-order valence-corrected chi connectivity index (χ2v) is 11.6. The topological polar surface area (TPSA) is 54.5 Å². The van der Waals surface area contributed by atoms with Gasteiger partial charge in [-0.15, -0.1) is 0 Å². The van der Waals surface area contributed by atoms with Crippen LogP contribution in [-0.2, 0) is 11.2 Å². The Bertz CT molecular complexity index is 1500. The Balaban J connectivity index is 1.49. The lowest BCUT2D eigenvalue weighted by Crippen LogP contribution is -2.49. The summed E-state index contributed by atoms with van der Waals surface area (Å²) in [5.74, 6) is -0.591. The lowest BCUT2D eigenvalue weighted by Gasteiger charge is -2.43. The summed E-state index contributed by atoms with van der Waals surface area (Å²) in [6.07, 6.45) is 6.91. The number of likely N-dealkylation sites (tertiary alicyclic amines) is 1. The van der Waals surface area contributed by atoms with Crippen molar-refractivity contribution >= 4 is 16.8 Å². The summed E-state index contributed by atoms with van der Waals surface area (Å²) in [5, 5.41) is 3.89. The molecule has 3 aromatic carbocycles. The maximum absolute atomic E-state index is 15.4. The molecule has 0 saturated carbocycles. The van der Waals surface area contributed by atoms with Crippen molar-refractivity contribution in [3.63, 3.8) is 0 Å². The molecule has 0 radical (unpaired) electrons. The van der Waals surface area contributed by atoms with Crippen molar-refractivity contribution in [2.24, 2.45) is 0 Å². The maximum atomic E-state index is 15.4. The van der Waals surface area contributed by atoms with Gasteiger partial charge in [0.05, 0.1) is 17.3 Å². The van der Waals surface area contributed by atoms with Crippen LogP contribution in [0, 0.1) is 5.82 Å². The van der Waals surface area contributed by atoms with Crippen molar-refractivity contribution < 1.29 is 13.9 Å². The van der Waals surface area contributed by atoms with Crippen LogP contribution in [0.25, 0.3) is 22.2 Å². The van der Waals surface area contributed by atoms with Crippen LogP contribution in [0.5, 0.6) is 0 Å². The predicted octanol–water partition coefficient (Wildman–Crippen LogP) is 7.50. The van der Waals surface area contributed by atoms with E-state index in [1.165, 1.54) is 12.5 Å². The Labute approximate surface area is 248 Å². The number of carbonyl (C=O) groups excluding carboxylic acids is 1. The molecule has 0 bridgehead atoms. The lowest BCUT2D eigenvalue weighted by atomic mass is 9.87. The molecule has 4 aromatic rings. The number of amides is 1. The van der Waals surface area contributed by atoms with Crippen molar-refractivity contribution in [2.75, 3.05) is 19.8 Å². The van der Waals surface area contributed by atoms with E-state index in [0.717, 1.165) is 68.6 Å². The van der Waals surface area contributed by atoms with Crippen LogP contribution in [0.15, 0.2) is 78.9 Å². The number of nitrogens with zero attached hydrogens (tertiary/aromatic N) is 2. The van der Waals surface area contributed by atoms with Crippen molar-refractivity contribution in [1.82, 2.24) is 15.2 Å². The number of benzene rings is 3. The molecule has 3 heterocycles. The number of fused-ring (bicyclic) bond motifs is 1. The van der Waals surface area contributed by atoms with Crippen LogP contribution >= 0.6 is 0 Å². The standard InChI is InChI=1S/C36H40FN3O2/c1-2-32(25-12-5-3-6-13-25)38-36(41)33-29-17-11-18-31(37)35(29)39-34(26-14-7-4-8-15-26)30(33)24-28-16-9-10-21-40(28)27-19-22-42-23-20-27/h3-8,11-15,17-18,27-28,32H,2,9-10,16,19-24H2,1H3,(H,38,41)/t28-,32+/m1/s1. The monoisotopic (exact) mass is 565 g/mol. The Kier molecular flexibility index (Phi) is 8.92. The number of rotatable bonds is 8. The molecule has 1 aromatic heterocycles. The summed E-state index contributed by atoms with van der Waals surface area (Å²) in [7, 11) is 0. The van der Waals surface area contributed by atoms with Crippen LogP contribution in [-0.4, -0.2) is 47.6 Å². The molecule has 2 saturated heterocycles. The number of carbonyl (C=O) groups is 1. The zero-order valence-corrected chi connectivity index (χ0v) is 24.4. The maximum Gasteiger partial charge on any atom is 0.252 e. The van der Waals surface area contributed by atoms with Crippen molar-refractivity contribution in [1.29, 1.82) is 0 Å². The molecule has 0 unspecified atom stereocenters. The van der Waals surface area contributed by atoms with Crippen molar-refractivity contribution in [2.45, 2.75) is 70.0 Å². The average molecular weight is 566 g/mol. The molecule has 2 atom stereocenters. The first-order valence-corrected chi connectivity index (χ1v) is 15.5. The molecular formula is C36H40FN3O2. The molecular weight excluding hydrogens is 525 g/mol. The quantitative estimate of drug-likeness (QED) is 0.240. The minimum Gasteiger partial charge on any atom is -0.381 e. The van der Waals surface area contributed by atoms with Gasteiger partial charge in [-0.3, -0.25) is 9.69 Å². The van der Waals surface area contributed by atoms with E-state index in [-0.39, 0.29) is 23.5 Å². The summed E-state index contributed by atoms with van der Waals surface area (Å²) >= 11 is 0. The van der Waals surface area contributed by atoms with Gasteiger partial charge in [0, 0.05) is 36.2 Å². The summed E-state index contributed by atoms with van der Waals surface area (Å²) in [6, 6.07) is 25.6. The molecule has 5 nitrogen and oxygen atoms in total. The second-order valence-electron chi connectivity index (χ2n) is 11.6. The third kappa shape index (κ3) is 5.97. The molecule has 2 fully saturated rings. The van der Waals surface area contributed by atoms with Gasteiger partial charge < -0.3 is 10.1 Å². The van der Waals surface area contributed by atoms with Gasteiger partial charge in [-0.05, 0) is 62.3 Å². The zero-order chi connectivity index (χ0) is 28.9. The first kappa shape index (κ1) is 28.5. The van der Waals surface area contributed by atoms with Crippen molar-refractivity contribution in [3.8, 4) is 11.3 Å². The minimum absolute atomic E-state index is 0.156. The Morgan fingerprint density at radius 3 is 2.45 bits per heavy atom. The molecule has 218 valence electrons. The Morgan fingerprint density at radius 1 is 0.976 bits per heavy atom. The number of hydrogen-bond donors (Lipinski definition) is 1. The average Bonchev–Trinajstić information content (AvgIpc) is 3.05. The number of para-hydroxylation sites is 1. The fourth-order valence-electron chi connectivity index (χ4n) is 6.90. The van der Waals surface area contributed by atoms with E-state index in [4.69, 9.17) is 9.72 Å². The summed E-state index contributed by atoms with van der Waals surface area (Å²) in [4.78, 5) is 22.1. The molecule has 1 N–H and O–H groups in total. The second kappa shape index (κ2) is 13.1. The van der Waals surface area contributed by atoms with Crippen LogP contribution in [0.1, 0.15) is 73.0 Å². The third-order valence-electron chi connectivity index (χ3n) is 9.03. The SMILES string of the molecule is CC[C@H](NC(=O)c1c(C[C@H]2CCCCN2C2CCOCC2)c(-c2ccccc2)nc2c(F)cccc12)c1ccccc1. The van der Waals surface area contributed by atoms with Gasteiger partial charge in [0.25, 0.3) is 5.91 Å². The molecule has 0 aliphatic carbocycles. The fraction of sp³-hybridized carbons (Fsp3) is 0.389. The van der Waals surface area contributed by atoms with Crippen LogP contribution in [0.2, 0.25) is 0 Å². The largest absolute Gasteiger partial charge is 0.381 e. The molecule has 2 aliphatic rings. The molecule has 2 aliphatic heterocycles. The zero-order valence-electron chi connectivity index (χ0n) is 24.4. The van der Waals surface area contributed by atoms with Crippen molar-refractivity contribution in [3.05, 3.63) is 101 Å². The minimum atomic E-state index is -0.415. The van der Waals surface area contributed by atoms with Gasteiger partial charge in [0.1, 0.15) is 11.3 Å². The number of halogens is 1. The van der Waals surface area contributed by atoms with E-state index in [9.17, 15) is 4.79 Å². The summed E-state index contributed by atoms with van der Waals surface area (Å²) in [6.45, 7) is 4.72. The van der Waals surface area contributed by atoms with E-state index in [2.05, 4.69) is 17.1 Å². The Hall–Kier alpha value is -3.61. The highest BCUT2D eigenvalue weighted by atomic mass is 19.1. The number of pyridine rings is 1. The number of aromatic nitrogens is 1. The number of nitrogens with one attached hydrogen (secondary N) is 1. The molecule has 6 heteroatoms. The number of piperidine rings is 1. The molecule has 0 spiro atoms. The van der Waals surface area contributed by atoms with Gasteiger partial charge in [0.2, 0.25) is 0 Å².